The molecule has 2 nitrogen and oxygen atoms in total. The van der Waals surface area contributed by atoms with Crippen LogP contribution in [-0.2, 0) is 12.8 Å². The summed E-state index contributed by atoms with van der Waals surface area (Å²) >= 11 is 0. The second-order valence-electron chi connectivity index (χ2n) is 8.32. The lowest BCUT2D eigenvalue weighted by atomic mass is 9.85. The van der Waals surface area contributed by atoms with E-state index in [1.54, 1.807) is 0 Å². The van der Waals surface area contributed by atoms with Gasteiger partial charge in [0.05, 0.1) is 6.61 Å². The number of rotatable bonds is 4. The van der Waals surface area contributed by atoms with Crippen LogP contribution in [0, 0.1) is 0 Å². The molecule has 25 heavy (non-hydrogen) atoms. The fourth-order valence-corrected chi connectivity index (χ4v) is 4.24. The molecule has 4 rings (SSSR count). The third-order valence-corrected chi connectivity index (χ3v) is 5.71. The van der Waals surface area contributed by atoms with Crippen molar-refractivity contribution in [1.29, 1.82) is 0 Å². The highest BCUT2D eigenvalue weighted by molar-refractivity contribution is 5.44. The molecule has 0 aliphatic carbocycles. The molecule has 0 N–H and O–H groups in total. The molecule has 2 unspecified atom stereocenters. The first-order valence-electron chi connectivity index (χ1n) is 9.51. The molecular formula is C23H28O2. The first kappa shape index (κ1) is 16.5. The van der Waals surface area contributed by atoms with E-state index in [2.05, 4.69) is 64.1 Å². The molecule has 2 aromatic carbocycles. The van der Waals surface area contributed by atoms with E-state index in [1.165, 1.54) is 22.3 Å². The van der Waals surface area contributed by atoms with Gasteiger partial charge in [0, 0.05) is 12.8 Å². The van der Waals surface area contributed by atoms with Gasteiger partial charge in [-0.3, -0.25) is 0 Å². The summed E-state index contributed by atoms with van der Waals surface area (Å²) in [6.45, 7) is 9.83. The number of benzene rings is 2. The third kappa shape index (κ3) is 3.15. The maximum absolute atomic E-state index is 6.44. The fourth-order valence-electron chi connectivity index (χ4n) is 4.24. The molecule has 0 bridgehead atoms. The zero-order valence-electron chi connectivity index (χ0n) is 15.8. The van der Waals surface area contributed by atoms with E-state index in [4.69, 9.17) is 9.47 Å². The van der Waals surface area contributed by atoms with Gasteiger partial charge in [0.15, 0.2) is 0 Å². The molecule has 0 saturated carbocycles. The summed E-state index contributed by atoms with van der Waals surface area (Å²) < 4.78 is 12.2. The molecule has 0 amide bonds. The molecule has 2 heteroatoms. The van der Waals surface area contributed by atoms with Crippen molar-refractivity contribution < 1.29 is 9.47 Å². The molecule has 2 heterocycles. The Morgan fingerprint density at radius 3 is 2.48 bits per heavy atom. The monoisotopic (exact) mass is 336 g/mol. The van der Waals surface area contributed by atoms with Crippen molar-refractivity contribution >= 4 is 0 Å². The van der Waals surface area contributed by atoms with Crippen molar-refractivity contribution in [2.24, 2.45) is 0 Å². The van der Waals surface area contributed by atoms with Gasteiger partial charge >= 0.3 is 0 Å². The molecule has 2 aliphatic heterocycles. The maximum Gasteiger partial charge on any atom is 0.123 e. The zero-order chi connectivity index (χ0) is 17.6. The summed E-state index contributed by atoms with van der Waals surface area (Å²) in [6, 6.07) is 13.5. The van der Waals surface area contributed by atoms with Gasteiger partial charge in [0.1, 0.15) is 17.1 Å². The van der Waals surface area contributed by atoms with Crippen LogP contribution in [0.2, 0.25) is 0 Å². The lowest BCUT2D eigenvalue weighted by Gasteiger charge is -2.28. The summed E-state index contributed by atoms with van der Waals surface area (Å²) in [4.78, 5) is 0. The number of hydrogen-bond acceptors (Lipinski definition) is 2. The third-order valence-electron chi connectivity index (χ3n) is 5.71. The molecule has 0 aromatic heterocycles. The average molecular weight is 336 g/mol. The summed E-state index contributed by atoms with van der Waals surface area (Å²) in [5.41, 5.74) is 5.26. The minimum absolute atomic E-state index is 0.128. The van der Waals surface area contributed by atoms with Gasteiger partial charge in [-0.15, -0.1) is 0 Å². The van der Waals surface area contributed by atoms with Crippen molar-refractivity contribution in [3.63, 3.8) is 0 Å². The predicted octanol–water partition coefficient (Wildman–Crippen LogP) is 5.63. The number of ether oxygens (including phenoxy) is 2. The van der Waals surface area contributed by atoms with Crippen LogP contribution in [0.5, 0.6) is 11.5 Å². The standard InChI is InChI=1S/C23H28O2/c1-15(2)18-6-8-20-14-23(4,25-22(20)11-18)13-16(3)19-7-5-17-9-10-24-21(17)12-19/h5-8,11-12,15-16H,9-10,13-14H2,1-4H3. The van der Waals surface area contributed by atoms with E-state index in [0.717, 1.165) is 37.4 Å². The molecule has 0 spiro atoms. The Balaban J connectivity index is 1.50. The van der Waals surface area contributed by atoms with E-state index < -0.39 is 0 Å². The highest BCUT2D eigenvalue weighted by atomic mass is 16.5. The van der Waals surface area contributed by atoms with Crippen molar-refractivity contribution in [3.05, 3.63) is 58.7 Å². The molecule has 0 saturated heterocycles. The summed E-state index contributed by atoms with van der Waals surface area (Å²) in [6.07, 6.45) is 3.04. The SMILES string of the molecule is CC(C)c1ccc2c(c1)OC(C)(CC(C)c1ccc3c(c1)OCC3)C2. The van der Waals surface area contributed by atoms with Crippen LogP contribution >= 0.6 is 0 Å². The minimum Gasteiger partial charge on any atom is -0.493 e. The van der Waals surface area contributed by atoms with Crippen molar-refractivity contribution in [3.8, 4) is 11.5 Å². The lowest BCUT2D eigenvalue weighted by Crippen LogP contribution is -2.31. The quantitative estimate of drug-likeness (QED) is 0.720. The summed E-state index contributed by atoms with van der Waals surface area (Å²) in [7, 11) is 0. The Morgan fingerprint density at radius 1 is 0.960 bits per heavy atom. The van der Waals surface area contributed by atoms with Crippen LogP contribution < -0.4 is 9.47 Å². The van der Waals surface area contributed by atoms with E-state index in [-0.39, 0.29) is 5.60 Å². The molecule has 0 fully saturated rings. The van der Waals surface area contributed by atoms with E-state index in [0.29, 0.717) is 11.8 Å². The van der Waals surface area contributed by atoms with Gasteiger partial charge < -0.3 is 9.47 Å². The Bertz CT molecular complexity index is 793. The molecule has 2 aliphatic rings. The van der Waals surface area contributed by atoms with E-state index in [1.807, 2.05) is 0 Å². The Labute approximate surface area is 151 Å². The van der Waals surface area contributed by atoms with Crippen molar-refractivity contribution in [1.82, 2.24) is 0 Å². The van der Waals surface area contributed by atoms with Crippen LogP contribution in [-0.4, -0.2) is 12.2 Å². The van der Waals surface area contributed by atoms with E-state index >= 15 is 0 Å². The Kier molecular flexibility index (Phi) is 4.02. The fraction of sp³-hybridized carbons (Fsp3) is 0.478. The second-order valence-corrected chi connectivity index (χ2v) is 8.32. The number of fused-ring (bicyclic) bond motifs is 2. The van der Waals surface area contributed by atoms with Crippen molar-refractivity contribution in [2.75, 3.05) is 6.61 Å². The Hall–Kier alpha value is -1.96. The van der Waals surface area contributed by atoms with Gasteiger partial charge in [-0.2, -0.15) is 0 Å². The molecule has 2 aromatic rings. The highest BCUT2D eigenvalue weighted by Gasteiger charge is 2.36. The van der Waals surface area contributed by atoms with Crippen LogP contribution in [0.15, 0.2) is 36.4 Å². The smallest absolute Gasteiger partial charge is 0.123 e. The van der Waals surface area contributed by atoms with Crippen LogP contribution in [0.1, 0.15) is 68.2 Å². The normalized spacial score (nSPS) is 22.3. The van der Waals surface area contributed by atoms with Crippen LogP contribution in [0.4, 0.5) is 0 Å². The zero-order valence-corrected chi connectivity index (χ0v) is 15.8. The number of hydrogen-bond donors (Lipinski definition) is 0. The van der Waals surface area contributed by atoms with Crippen LogP contribution in [0.3, 0.4) is 0 Å². The second kappa shape index (κ2) is 6.09. The average Bonchev–Trinajstić information content (AvgIpc) is 3.15. The van der Waals surface area contributed by atoms with E-state index in [9.17, 15) is 0 Å². The van der Waals surface area contributed by atoms with Gasteiger partial charge in [0.2, 0.25) is 0 Å². The molecule has 2 atom stereocenters. The first-order valence-corrected chi connectivity index (χ1v) is 9.51. The first-order chi connectivity index (χ1) is 11.9. The molecular weight excluding hydrogens is 308 g/mol. The van der Waals surface area contributed by atoms with Crippen molar-refractivity contribution in [2.45, 2.75) is 64.4 Å². The highest BCUT2D eigenvalue weighted by Crippen LogP contribution is 2.42. The maximum atomic E-state index is 6.44. The van der Waals surface area contributed by atoms with Gasteiger partial charge in [0.25, 0.3) is 0 Å². The lowest BCUT2D eigenvalue weighted by molar-refractivity contribution is 0.0983. The Morgan fingerprint density at radius 2 is 1.68 bits per heavy atom. The summed E-state index contributed by atoms with van der Waals surface area (Å²) in [5.74, 6) is 3.13. The minimum atomic E-state index is -0.128. The topological polar surface area (TPSA) is 18.5 Å². The molecule has 0 radical (unpaired) electrons. The van der Waals surface area contributed by atoms with Gasteiger partial charge in [-0.1, -0.05) is 45.0 Å². The predicted molar refractivity (Wildman–Crippen MR) is 102 cm³/mol. The largest absolute Gasteiger partial charge is 0.493 e. The van der Waals surface area contributed by atoms with Crippen LogP contribution in [0.25, 0.3) is 0 Å². The molecule has 132 valence electrons. The van der Waals surface area contributed by atoms with Gasteiger partial charge in [-0.05, 0) is 59.6 Å². The summed E-state index contributed by atoms with van der Waals surface area (Å²) in [5, 5.41) is 0. The van der Waals surface area contributed by atoms with Gasteiger partial charge in [-0.25, -0.2) is 0 Å².